The predicted molar refractivity (Wildman–Crippen MR) is 63.3 cm³/mol. The van der Waals surface area contributed by atoms with Crippen LogP contribution >= 0.6 is 0 Å². The van der Waals surface area contributed by atoms with Crippen LogP contribution in [0.15, 0.2) is 24.4 Å². The van der Waals surface area contributed by atoms with Crippen molar-refractivity contribution in [2.75, 3.05) is 6.61 Å². The highest BCUT2D eigenvalue weighted by Gasteiger charge is 2.18. The molecule has 2 aromatic rings. The lowest BCUT2D eigenvalue weighted by Gasteiger charge is -2.23. The molecular weight excluding hydrogens is 200 g/mol. The van der Waals surface area contributed by atoms with Crippen LogP contribution in [0.5, 0.6) is 0 Å². The van der Waals surface area contributed by atoms with Crippen LogP contribution in [0.25, 0.3) is 10.9 Å². The van der Waals surface area contributed by atoms with E-state index in [1.54, 1.807) is 0 Å². The van der Waals surface area contributed by atoms with Crippen molar-refractivity contribution in [2.24, 2.45) is 0 Å². The molecule has 3 nitrogen and oxygen atoms in total. The van der Waals surface area contributed by atoms with E-state index < -0.39 is 0 Å². The number of hydrogen-bond acceptors (Lipinski definition) is 2. The van der Waals surface area contributed by atoms with Gasteiger partial charge in [-0.1, -0.05) is 12.1 Å². The molecule has 0 spiro atoms. The second-order valence-corrected chi connectivity index (χ2v) is 4.42. The third-order valence-corrected chi connectivity index (χ3v) is 3.29. The number of aromatic nitrogens is 2. The Balaban J connectivity index is 2.06. The van der Waals surface area contributed by atoms with Crippen LogP contribution in [-0.2, 0) is 4.74 Å². The van der Waals surface area contributed by atoms with Crippen LogP contribution < -0.4 is 0 Å². The van der Waals surface area contributed by atoms with E-state index in [1.807, 2.05) is 10.9 Å². The second kappa shape index (κ2) is 3.91. The summed E-state index contributed by atoms with van der Waals surface area (Å²) in [5.41, 5.74) is 2.46. The average Bonchev–Trinajstić information content (AvgIpc) is 2.75. The van der Waals surface area contributed by atoms with Crippen molar-refractivity contribution in [2.45, 2.75) is 32.4 Å². The van der Waals surface area contributed by atoms with Gasteiger partial charge in [0.2, 0.25) is 0 Å². The van der Waals surface area contributed by atoms with Crippen molar-refractivity contribution >= 4 is 10.9 Å². The Morgan fingerprint density at radius 3 is 3.12 bits per heavy atom. The highest BCUT2D eigenvalue weighted by atomic mass is 16.5. The predicted octanol–water partition coefficient (Wildman–Crippen LogP) is 3.04. The number of rotatable bonds is 1. The first-order valence-corrected chi connectivity index (χ1v) is 5.91. The van der Waals surface area contributed by atoms with E-state index in [0.717, 1.165) is 13.0 Å². The van der Waals surface area contributed by atoms with Gasteiger partial charge in [-0.15, -0.1) is 0 Å². The van der Waals surface area contributed by atoms with Gasteiger partial charge in [0.25, 0.3) is 0 Å². The fourth-order valence-corrected chi connectivity index (χ4v) is 2.36. The van der Waals surface area contributed by atoms with Crippen molar-refractivity contribution in [1.82, 2.24) is 9.78 Å². The SMILES string of the molecule is Cc1cccc2c1cnn2C1CCCCO1. The minimum Gasteiger partial charge on any atom is -0.356 e. The third kappa shape index (κ3) is 1.52. The molecule has 0 amide bonds. The summed E-state index contributed by atoms with van der Waals surface area (Å²) in [5, 5.41) is 5.70. The summed E-state index contributed by atoms with van der Waals surface area (Å²) in [5.74, 6) is 0. The lowest BCUT2D eigenvalue weighted by molar-refractivity contribution is -0.0366. The maximum absolute atomic E-state index is 5.77. The standard InChI is InChI=1S/C13H16N2O/c1-10-5-4-6-12-11(10)9-14-15(12)13-7-2-3-8-16-13/h4-6,9,13H,2-3,7-8H2,1H3. The van der Waals surface area contributed by atoms with Crippen LogP contribution in [0.4, 0.5) is 0 Å². The lowest BCUT2D eigenvalue weighted by atomic mass is 10.1. The van der Waals surface area contributed by atoms with Gasteiger partial charge in [0.15, 0.2) is 6.23 Å². The molecule has 1 aromatic heterocycles. The summed E-state index contributed by atoms with van der Waals surface area (Å²) in [6.45, 7) is 2.98. The molecule has 1 saturated heterocycles. The Labute approximate surface area is 95.0 Å². The Morgan fingerprint density at radius 1 is 1.38 bits per heavy atom. The van der Waals surface area contributed by atoms with Crippen molar-refractivity contribution in [3.05, 3.63) is 30.0 Å². The van der Waals surface area contributed by atoms with E-state index in [2.05, 4.69) is 30.2 Å². The van der Waals surface area contributed by atoms with Gasteiger partial charge in [-0.25, -0.2) is 4.68 Å². The van der Waals surface area contributed by atoms with Crippen molar-refractivity contribution < 1.29 is 4.74 Å². The normalized spacial score (nSPS) is 21.4. The zero-order valence-electron chi connectivity index (χ0n) is 9.52. The summed E-state index contributed by atoms with van der Waals surface area (Å²) >= 11 is 0. The van der Waals surface area contributed by atoms with Gasteiger partial charge < -0.3 is 4.74 Å². The van der Waals surface area contributed by atoms with E-state index in [4.69, 9.17) is 4.74 Å². The van der Waals surface area contributed by atoms with E-state index in [-0.39, 0.29) is 6.23 Å². The van der Waals surface area contributed by atoms with E-state index >= 15 is 0 Å². The largest absolute Gasteiger partial charge is 0.356 e. The fourth-order valence-electron chi connectivity index (χ4n) is 2.36. The van der Waals surface area contributed by atoms with Gasteiger partial charge in [-0.05, 0) is 37.8 Å². The summed E-state index contributed by atoms with van der Waals surface area (Å²) < 4.78 is 7.80. The molecule has 0 bridgehead atoms. The quantitative estimate of drug-likeness (QED) is 0.732. The van der Waals surface area contributed by atoms with E-state index in [0.29, 0.717) is 0 Å². The Hall–Kier alpha value is -1.35. The van der Waals surface area contributed by atoms with Gasteiger partial charge in [0, 0.05) is 12.0 Å². The summed E-state index contributed by atoms with van der Waals surface area (Å²) in [6, 6.07) is 6.32. The summed E-state index contributed by atoms with van der Waals surface area (Å²) in [6.07, 6.45) is 5.56. The van der Waals surface area contributed by atoms with Gasteiger partial charge >= 0.3 is 0 Å². The molecule has 16 heavy (non-hydrogen) atoms. The highest BCUT2D eigenvalue weighted by Crippen LogP contribution is 2.27. The molecule has 1 aliphatic rings. The first-order valence-electron chi connectivity index (χ1n) is 5.91. The molecular formula is C13H16N2O. The van der Waals surface area contributed by atoms with Crippen molar-refractivity contribution in [3.8, 4) is 0 Å². The molecule has 0 N–H and O–H groups in total. The maximum atomic E-state index is 5.77. The monoisotopic (exact) mass is 216 g/mol. The molecule has 84 valence electrons. The van der Waals surface area contributed by atoms with Gasteiger partial charge in [0.1, 0.15) is 0 Å². The topological polar surface area (TPSA) is 27.1 Å². The number of benzene rings is 1. The number of hydrogen-bond donors (Lipinski definition) is 0. The summed E-state index contributed by atoms with van der Waals surface area (Å²) in [7, 11) is 0. The molecule has 1 aromatic carbocycles. The molecule has 0 saturated carbocycles. The third-order valence-electron chi connectivity index (χ3n) is 3.29. The maximum Gasteiger partial charge on any atom is 0.150 e. The second-order valence-electron chi connectivity index (χ2n) is 4.42. The van der Waals surface area contributed by atoms with Crippen LogP contribution in [0.2, 0.25) is 0 Å². The number of aryl methyl sites for hydroxylation is 1. The Bertz CT molecular complexity index is 498. The number of ether oxygens (including phenoxy) is 1. The molecule has 0 radical (unpaired) electrons. The number of fused-ring (bicyclic) bond motifs is 1. The van der Waals surface area contributed by atoms with E-state index in [1.165, 1.54) is 29.3 Å². The minimum absolute atomic E-state index is 0.132. The first kappa shape index (κ1) is 9.85. The zero-order valence-corrected chi connectivity index (χ0v) is 9.52. The first-order chi connectivity index (χ1) is 7.86. The van der Waals surface area contributed by atoms with Gasteiger partial charge in [0.05, 0.1) is 11.7 Å². The van der Waals surface area contributed by atoms with E-state index in [9.17, 15) is 0 Å². The highest BCUT2D eigenvalue weighted by molar-refractivity contribution is 5.82. The smallest absolute Gasteiger partial charge is 0.150 e. The molecule has 1 atom stereocenters. The van der Waals surface area contributed by atoms with Crippen LogP contribution in [0, 0.1) is 6.92 Å². The van der Waals surface area contributed by atoms with Gasteiger partial charge in [-0.3, -0.25) is 0 Å². The van der Waals surface area contributed by atoms with Crippen LogP contribution in [0.3, 0.4) is 0 Å². The van der Waals surface area contributed by atoms with Crippen molar-refractivity contribution in [3.63, 3.8) is 0 Å². The molecule has 1 unspecified atom stereocenters. The molecule has 0 aliphatic carbocycles. The van der Waals surface area contributed by atoms with Gasteiger partial charge in [-0.2, -0.15) is 5.10 Å². The Kier molecular flexibility index (Phi) is 2.40. The zero-order chi connectivity index (χ0) is 11.0. The van der Waals surface area contributed by atoms with Crippen LogP contribution in [-0.4, -0.2) is 16.4 Å². The van der Waals surface area contributed by atoms with Crippen molar-refractivity contribution in [1.29, 1.82) is 0 Å². The molecule has 1 aliphatic heterocycles. The fraction of sp³-hybridized carbons (Fsp3) is 0.462. The number of nitrogens with zero attached hydrogens (tertiary/aromatic N) is 2. The molecule has 3 rings (SSSR count). The minimum atomic E-state index is 0.132. The molecule has 1 fully saturated rings. The van der Waals surface area contributed by atoms with Crippen LogP contribution in [0.1, 0.15) is 31.1 Å². The molecule has 3 heteroatoms. The summed E-state index contributed by atoms with van der Waals surface area (Å²) in [4.78, 5) is 0. The molecule has 2 heterocycles. The lowest BCUT2D eigenvalue weighted by Crippen LogP contribution is -2.18. The Morgan fingerprint density at radius 2 is 2.31 bits per heavy atom. The average molecular weight is 216 g/mol.